The smallest absolute Gasteiger partial charge is 0.388 e. The zero-order valence-electron chi connectivity index (χ0n) is 19.4. The van der Waals surface area contributed by atoms with Crippen molar-refractivity contribution in [2.75, 3.05) is 18.4 Å². The predicted octanol–water partition coefficient (Wildman–Crippen LogP) is 3.10. The summed E-state index contributed by atoms with van der Waals surface area (Å²) in [6.45, 7) is 0.865. The fraction of sp³-hybridized carbons (Fsp3) is 0.429. The molecule has 0 spiro atoms. The molecule has 0 aliphatic carbocycles. The van der Waals surface area contributed by atoms with Crippen LogP contribution in [-0.4, -0.2) is 62.9 Å². The van der Waals surface area contributed by atoms with Crippen LogP contribution in [0, 0.1) is 11.3 Å². The summed E-state index contributed by atoms with van der Waals surface area (Å²) in [6.07, 6.45) is -4.57. The van der Waals surface area contributed by atoms with Crippen molar-refractivity contribution in [3.63, 3.8) is 0 Å². The van der Waals surface area contributed by atoms with Crippen molar-refractivity contribution in [1.29, 1.82) is 5.26 Å². The maximum absolute atomic E-state index is 15.0. The quantitative estimate of drug-likeness (QED) is 0.440. The Morgan fingerprint density at radius 1 is 1.35 bits per heavy atom. The van der Waals surface area contributed by atoms with Crippen molar-refractivity contribution >= 4 is 27.3 Å². The summed E-state index contributed by atoms with van der Waals surface area (Å²) in [5.41, 5.74) is -1.66. The molecule has 1 unspecified atom stereocenters. The first-order chi connectivity index (χ1) is 17.3. The van der Waals surface area contributed by atoms with Gasteiger partial charge in [0.15, 0.2) is 0 Å². The SMILES string of the molecule is CC(O)c1sc(-c2nc(N[C@@H]3CCN(S(=O)(=O)c4cnn(C)c4)C[C@H]3F)ncc2C(F)(F)F)cc1C#N. The van der Waals surface area contributed by atoms with E-state index in [0.29, 0.717) is 6.20 Å². The number of nitrogens with zero attached hydrogens (tertiary/aromatic N) is 6. The lowest BCUT2D eigenvalue weighted by Crippen LogP contribution is -2.50. The molecule has 4 rings (SSSR count). The first kappa shape index (κ1) is 26.9. The Hall–Kier alpha value is -3.13. The van der Waals surface area contributed by atoms with E-state index in [0.717, 1.165) is 21.8 Å². The number of anilines is 1. The number of halogens is 4. The summed E-state index contributed by atoms with van der Waals surface area (Å²) >= 11 is 0.789. The Morgan fingerprint density at radius 3 is 2.62 bits per heavy atom. The maximum Gasteiger partial charge on any atom is 0.420 e. The van der Waals surface area contributed by atoms with Crippen molar-refractivity contribution in [2.45, 2.75) is 42.7 Å². The number of nitrogens with one attached hydrogen (secondary N) is 1. The molecule has 37 heavy (non-hydrogen) atoms. The Bertz CT molecular complexity index is 1450. The third-order valence-corrected chi connectivity index (χ3v) is 8.86. The second-order valence-corrected chi connectivity index (χ2v) is 11.4. The first-order valence-corrected chi connectivity index (χ1v) is 13.1. The van der Waals surface area contributed by atoms with Gasteiger partial charge in [-0.1, -0.05) is 0 Å². The average molecular weight is 560 g/mol. The fourth-order valence-corrected chi connectivity index (χ4v) is 6.37. The number of hydrogen-bond acceptors (Lipinski definition) is 9. The summed E-state index contributed by atoms with van der Waals surface area (Å²) < 4.78 is 83.9. The van der Waals surface area contributed by atoms with Crippen molar-refractivity contribution < 1.29 is 31.1 Å². The van der Waals surface area contributed by atoms with E-state index in [1.807, 2.05) is 6.07 Å². The summed E-state index contributed by atoms with van der Waals surface area (Å²) in [7, 11) is -2.42. The fourth-order valence-electron chi connectivity index (χ4n) is 3.87. The number of aliphatic hydroxyl groups excluding tert-OH is 1. The van der Waals surface area contributed by atoms with E-state index in [1.54, 1.807) is 7.05 Å². The van der Waals surface area contributed by atoms with Gasteiger partial charge < -0.3 is 10.4 Å². The standard InChI is InChI=1S/C21H21F4N7O3S2/c1-11(33)19-12(6-26)5-17(36-19)18-14(21(23,24)25)8-27-20(30-18)29-16-3-4-32(10-15(16)22)37(34,35)13-7-28-31(2)9-13/h5,7-9,11,15-16,33H,3-4,10H2,1-2H3,(H,27,29,30)/t11?,15-,16-/m1/s1. The Kier molecular flexibility index (Phi) is 7.25. The molecule has 2 N–H and O–H groups in total. The number of hydrogen-bond donors (Lipinski definition) is 2. The van der Waals surface area contributed by atoms with Crippen LogP contribution in [0.1, 0.15) is 35.5 Å². The highest BCUT2D eigenvalue weighted by molar-refractivity contribution is 7.89. The van der Waals surface area contributed by atoms with Crippen LogP contribution >= 0.6 is 11.3 Å². The second-order valence-electron chi connectivity index (χ2n) is 8.40. The number of rotatable bonds is 6. The molecule has 10 nitrogen and oxygen atoms in total. The summed E-state index contributed by atoms with van der Waals surface area (Å²) in [6, 6.07) is 2.08. The molecule has 3 aromatic heterocycles. The molecule has 1 aliphatic rings. The first-order valence-electron chi connectivity index (χ1n) is 10.9. The normalized spacial score (nSPS) is 19.9. The molecule has 198 valence electrons. The topological polar surface area (TPSA) is 137 Å². The molecule has 0 saturated carbocycles. The van der Waals surface area contributed by atoms with E-state index in [1.165, 1.54) is 23.9 Å². The lowest BCUT2D eigenvalue weighted by molar-refractivity contribution is -0.137. The van der Waals surface area contributed by atoms with Gasteiger partial charge in [-0.3, -0.25) is 4.68 Å². The third kappa shape index (κ3) is 5.44. The van der Waals surface area contributed by atoms with Gasteiger partial charge in [-0.05, 0) is 19.4 Å². The Labute approximate surface area is 213 Å². The Morgan fingerprint density at radius 2 is 2.08 bits per heavy atom. The van der Waals surface area contributed by atoms with Crippen LogP contribution in [0.2, 0.25) is 0 Å². The van der Waals surface area contributed by atoms with Crippen LogP contribution in [-0.2, 0) is 23.2 Å². The van der Waals surface area contributed by atoms with Crippen molar-refractivity contribution in [3.05, 3.63) is 40.7 Å². The van der Waals surface area contributed by atoms with Gasteiger partial charge in [-0.25, -0.2) is 22.8 Å². The van der Waals surface area contributed by atoms with Gasteiger partial charge in [0, 0.05) is 32.5 Å². The molecule has 0 radical (unpaired) electrons. The highest BCUT2D eigenvalue weighted by Crippen LogP contribution is 2.41. The van der Waals surface area contributed by atoms with Gasteiger partial charge in [0.05, 0.1) is 39.4 Å². The van der Waals surface area contributed by atoms with Gasteiger partial charge in [-0.15, -0.1) is 11.3 Å². The van der Waals surface area contributed by atoms with E-state index in [2.05, 4.69) is 20.4 Å². The zero-order chi connectivity index (χ0) is 27.1. The highest BCUT2D eigenvalue weighted by Gasteiger charge is 2.38. The molecule has 4 heterocycles. The monoisotopic (exact) mass is 559 g/mol. The number of thiophene rings is 1. The van der Waals surface area contributed by atoms with Crippen molar-refractivity contribution in [2.24, 2.45) is 7.05 Å². The number of sulfonamides is 1. The van der Waals surface area contributed by atoms with E-state index in [-0.39, 0.29) is 39.1 Å². The van der Waals surface area contributed by atoms with Gasteiger partial charge in [-0.2, -0.15) is 27.8 Å². The molecule has 3 atom stereocenters. The number of aryl methyl sites for hydroxylation is 1. The van der Waals surface area contributed by atoms with Crippen LogP contribution in [0.15, 0.2) is 29.6 Å². The highest BCUT2D eigenvalue weighted by atomic mass is 32.2. The minimum Gasteiger partial charge on any atom is -0.388 e. The Balaban J connectivity index is 1.59. The summed E-state index contributed by atoms with van der Waals surface area (Å²) in [5, 5.41) is 25.7. The summed E-state index contributed by atoms with van der Waals surface area (Å²) in [4.78, 5) is 7.77. The summed E-state index contributed by atoms with van der Waals surface area (Å²) in [5.74, 6) is -0.287. The van der Waals surface area contributed by atoms with Crippen molar-refractivity contribution in [3.8, 4) is 16.6 Å². The van der Waals surface area contributed by atoms with Gasteiger partial charge in [0.2, 0.25) is 16.0 Å². The van der Waals surface area contributed by atoms with Crippen LogP contribution < -0.4 is 5.32 Å². The lowest BCUT2D eigenvalue weighted by Gasteiger charge is -2.34. The predicted molar refractivity (Wildman–Crippen MR) is 125 cm³/mol. The molecule has 0 aromatic carbocycles. The minimum absolute atomic E-state index is 0.00410. The molecule has 0 amide bonds. The molecular formula is C21H21F4N7O3S2. The van der Waals surface area contributed by atoms with E-state index >= 15 is 4.39 Å². The number of aliphatic hydroxyl groups is 1. The minimum atomic E-state index is -4.82. The third-order valence-electron chi connectivity index (χ3n) is 5.73. The van der Waals surface area contributed by atoms with Crippen LogP contribution in [0.3, 0.4) is 0 Å². The average Bonchev–Trinajstić information content (AvgIpc) is 3.46. The molecule has 0 bridgehead atoms. The number of alkyl halides is 4. The van der Waals surface area contributed by atoms with E-state index < -0.39 is 52.3 Å². The second kappa shape index (κ2) is 9.97. The zero-order valence-corrected chi connectivity index (χ0v) is 21.1. The van der Waals surface area contributed by atoms with Gasteiger partial charge in [0.25, 0.3) is 0 Å². The van der Waals surface area contributed by atoms with Crippen LogP contribution in [0.5, 0.6) is 0 Å². The number of aromatic nitrogens is 4. The molecule has 1 aliphatic heterocycles. The van der Waals surface area contributed by atoms with Crippen LogP contribution in [0.25, 0.3) is 10.6 Å². The largest absolute Gasteiger partial charge is 0.420 e. The van der Waals surface area contributed by atoms with Gasteiger partial charge in [0.1, 0.15) is 22.7 Å². The molecular weight excluding hydrogens is 538 g/mol. The number of piperidine rings is 1. The van der Waals surface area contributed by atoms with Crippen LogP contribution in [0.4, 0.5) is 23.5 Å². The lowest BCUT2D eigenvalue weighted by atomic mass is 10.1. The molecule has 1 fully saturated rings. The molecule has 1 saturated heterocycles. The molecule has 3 aromatic rings. The van der Waals surface area contributed by atoms with Gasteiger partial charge >= 0.3 is 6.18 Å². The van der Waals surface area contributed by atoms with E-state index in [4.69, 9.17) is 0 Å². The maximum atomic E-state index is 15.0. The van der Waals surface area contributed by atoms with Crippen molar-refractivity contribution in [1.82, 2.24) is 24.1 Å². The number of nitriles is 1. The van der Waals surface area contributed by atoms with E-state index in [9.17, 15) is 32.0 Å². The molecule has 16 heteroatoms.